The molecule has 1 rings (SSSR count). The number of hydrogen-bond donors (Lipinski definition) is 1. The van der Waals surface area contributed by atoms with Crippen molar-refractivity contribution in [2.75, 3.05) is 7.11 Å². The van der Waals surface area contributed by atoms with Crippen LogP contribution in [0, 0.1) is 5.92 Å². The van der Waals surface area contributed by atoms with Gasteiger partial charge in [-0.3, -0.25) is 4.79 Å². The lowest BCUT2D eigenvalue weighted by molar-refractivity contribution is -0.121. The minimum atomic E-state index is 0.0550. The molecule has 0 aliphatic carbocycles. The third kappa shape index (κ3) is 4.47. The van der Waals surface area contributed by atoms with Crippen molar-refractivity contribution in [1.29, 1.82) is 0 Å². The summed E-state index contributed by atoms with van der Waals surface area (Å²) in [5.41, 5.74) is 0.970. The summed E-state index contributed by atoms with van der Waals surface area (Å²) in [6.07, 6.45) is 0.397. The van der Waals surface area contributed by atoms with E-state index in [1.165, 1.54) is 0 Å². The number of rotatable bonds is 5. The van der Waals surface area contributed by atoms with Crippen molar-refractivity contribution >= 4 is 5.91 Å². The predicted molar refractivity (Wildman–Crippen MR) is 69.1 cm³/mol. The number of carbonyl (C=O) groups excluding carboxylic acids is 1. The molecule has 0 aromatic heterocycles. The van der Waals surface area contributed by atoms with Crippen LogP contribution in [0.4, 0.5) is 0 Å². The maximum atomic E-state index is 11.8. The molecular weight excluding hydrogens is 214 g/mol. The SMILES string of the molecule is COc1cccc(CC(=O)NC(C)C(C)C)c1. The zero-order chi connectivity index (χ0) is 12.8. The topological polar surface area (TPSA) is 38.3 Å². The molecule has 0 saturated heterocycles. The number of hydrogen-bond acceptors (Lipinski definition) is 2. The Morgan fingerprint density at radius 3 is 2.65 bits per heavy atom. The van der Waals surface area contributed by atoms with Crippen LogP contribution < -0.4 is 10.1 Å². The molecule has 3 heteroatoms. The summed E-state index contributed by atoms with van der Waals surface area (Å²) < 4.78 is 5.12. The Morgan fingerprint density at radius 2 is 2.06 bits per heavy atom. The molecule has 1 amide bonds. The van der Waals surface area contributed by atoms with Crippen LogP contribution >= 0.6 is 0 Å². The summed E-state index contributed by atoms with van der Waals surface area (Å²) >= 11 is 0. The summed E-state index contributed by atoms with van der Waals surface area (Å²) in [4.78, 5) is 11.8. The Labute approximate surface area is 103 Å². The van der Waals surface area contributed by atoms with Gasteiger partial charge in [0.2, 0.25) is 5.91 Å². The van der Waals surface area contributed by atoms with Gasteiger partial charge in [0.05, 0.1) is 13.5 Å². The van der Waals surface area contributed by atoms with Crippen molar-refractivity contribution in [2.45, 2.75) is 33.2 Å². The number of nitrogens with one attached hydrogen (secondary N) is 1. The monoisotopic (exact) mass is 235 g/mol. The first-order valence-electron chi connectivity index (χ1n) is 5.95. The quantitative estimate of drug-likeness (QED) is 0.851. The molecule has 0 bridgehead atoms. The normalized spacial score (nSPS) is 12.3. The molecule has 1 atom stereocenters. The summed E-state index contributed by atoms with van der Waals surface area (Å²) in [6.45, 7) is 6.21. The average Bonchev–Trinajstić information content (AvgIpc) is 2.28. The van der Waals surface area contributed by atoms with Crippen molar-refractivity contribution < 1.29 is 9.53 Å². The second-order valence-corrected chi connectivity index (χ2v) is 4.63. The summed E-state index contributed by atoms with van der Waals surface area (Å²) in [5.74, 6) is 1.29. The summed E-state index contributed by atoms with van der Waals surface area (Å²) in [7, 11) is 1.63. The van der Waals surface area contributed by atoms with E-state index in [4.69, 9.17) is 4.74 Å². The maximum Gasteiger partial charge on any atom is 0.224 e. The van der Waals surface area contributed by atoms with Gasteiger partial charge in [-0.25, -0.2) is 0 Å². The zero-order valence-corrected chi connectivity index (χ0v) is 11.0. The van der Waals surface area contributed by atoms with Crippen molar-refractivity contribution in [2.24, 2.45) is 5.92 Å². The molecule has 0 heterocycles. The van der Waals surface area contributed by atoms with E-state index in [2.05, 4.69) is 19.2 Å². The highest BCUT2D eigenvalue weighted by Gasteiger charge is 2.11. The second kappa shape index (κ2) is 6.28. The van der Waals surface area contributed by atoms with E-state index in [0.29, 0.717) is 12.3 Å². The standard InChI is InChI=1S/C14H21NO2/c1-10(2)11(3)15-14(16)9-12-6-5-7-13(8-12)17-4/h5-8,10-11H,9H2,1-4H3,(H,15,16). The van der Waals surface area contributed by atoms with Crippen LogP contribution in [-0.4, -0.2) is 19.1 Å². The Kier molecular flexibility index (Phi) is 5.01. The summed E-state index contributed by atoms with van der Waals surface area (Å²) in [5, 5.41) is 2.99. The molecule has 17 heavy (non-hydrogen) atoms. The lowest BCUT2D eigenvalue weighted by Gasteiger charge is -2.17. The number of methoxy groups -OCH3 is 1. The molecule has 0 radical (unpaired) electrons. The smallest absolute Gasteiger partial charge is 0.224 e. The van der Waals surface area contributed by atoms with Gasteiger partial charge in [-0.1, -0.05) is 26.0 Å². The van der Waals surface area contributed by atoms with Gasteiger partial charge >= 0.3 is 0 Å². The third-order valence-corrected chi connectivity index (χ3v) is 2.89. The Balaban J connectivity index is 2.55. The molecule has 0 fully saturated rings. The van der Waals surface area contributed by atoms with E-state index >= 15 is 0 Å². The number of carbonyl (C=O) groups is 1. The fraction of sp³-hybridized carbons (Fsp3) is 0.500. The van der Waals surface area contributed by atoms with E-state index in [9.17, 15) is 4.79 Å². The first-order valence-corrected chi connectivity index (χ1v) is 5.95. The minimum Gasteiger partial charge on any atom is -0.497 e. The predicted octanol–water partition coefficient (Wildman–Crippen LogP) is 2.40. The highest BCUT2D eigenvalue weighted by molar-refractivity contribution is 5.78. The molecular formula is C14H21NO2. The minimum absolute atomic E-state index is 0.0550. The lowest BCUT2D eigenvalue weighted by atomic mass is 10.1. The van der Waals surface area contributed by atoms with Gasteiger partial charge in [0.1, 0.15) is 5.75 Å². The largest absolute Gasteiger partial charge is 0.497 e. The van der Waals surface area contributed by atoms with Crippen LogP contribution in [0.1, 0.15) is 26.3 Å². The van der Waals surface area contributed by atoms with Crippen molar-refractivity contribution in [3.8, 4) is 5.75 Å². The van der Waals surface area contributed by atoms with Crippen LogP contribution in [0.15, 0.2) is 24.3 Å². The molecule has 0 saturated carbocycles. The molecule has 0 spiro atoms. The van der Waals surface area contributed by atoms with E-state index in [0.717, 1.165) is 11.3 Å². The van der Waals surface area contributed by atoms with Gasteiger partial charge < -0.3 is 10.1 Å². The van der Waals surface area contributed by atoms with E-state index in [1.54, 1.807) is 7.11 Å². The van der Waals surface area contributed by atoms with Gasteiger partial charge in [-0.2, -0.15) is 0 Å². The van der Waals surface area contributed by atoms with Gasteiger partial charge in [-0.15, -0.1) is 0 Å². The molecule has 0 aliphatic heterocycles. The first kappa shape index (κ1) is 13.6. The molecule has 1 N–H and O–H groups in total. The van der Waals surface area contributed by atoms with Crippen molar-refractivity contribution in [1.82, 2.24) is 5.32 Å². The second-order valence-electron chi connectivity index (χ2n) is 4.63. The molecule has 0 aliphatic rings. The Morgan fingerprint density at radius 1 is 1.35 bits per heavy atom. The molecule has 94 valence electrons. The highest BCUT2D eigenvalue weighted by atomic mass is 16.5. The van der Waals surface area contributed by atoms with Gasteiger partial charge in [0, 0.05) is 6.04 Å². The highest BCUT2D eigenvalue weighted by Crippen LogP contribution is 2.13. The van der Waals surface area contributed by atoms with Gasteiger partial charge in [0.15, 0.2) is 0 Å². The van der Waals surface area contributed by atoms with Crippen LogP contribution in [0.3, 0.4) is 0 Å². The molecule has 1 aromatic rings. The van der Waals surface area contributed by atoms with Crippen molar-refractivity contribution in [3.63, 3.8) is 0 Å². The summed E-state index contributed by atoms with van der Waals surface area (Å²) in [6, 6.07) is 7.79. The van der Waals surface area contributed by atoms with Crippen LogP contribution in [0.2, 0.25) is 0 Å². The molecule has 1 aromatic carbocycles. The number of benzene rings is 1. The van der Waals surface area contributed by atoms with Gasteiger partial charge in [-0.05, 0) is 30.5 Å². The fourth-order valence-corrected chi connectivity index (χ4v) is 1.44. The van der Waals surface area contributed by atoms with Crippen LogP contribution in [0.25, 0.3) is 0 Å². The van der Waals surface area contributed by atoms with E-state index in [1.807, 2.05) is 31.2 Å². The first-order chi connectivity index (χ1) is 8.02. The van der Waals surface area contributed by atoms with Crippen molar-refractivity contribution in [3.05, 3.63) is 29.8 Å². The fourth-order valence-electron chi connectivity index (χ4n) is 1.44. The Bertz CT molecular complexity index is 374. The van der Waals surface area contributed by atoms with E-state index < -0.39 is 0 Å². The molecule has 1 unspecified atom stereocenters. The Hall–Kier alpha value is -1.51. The molecule has 3 nitrogen and oxygen atoms in total. The van der Waals surface area contributed by atoms with Crippen LogP contribution in [0.5, 0.6) is 5.75 Å². The maximum absolute atomic E-state index is 11.8. The average molecular weight is 235 g/mol. The van der Waals surface area contributed by atoms with E-state index in [-0.39, 0.29) is 11.9 Å². The van der Waals surface area contributed by atoms with Crippen LogP contribution in [-0.2, 0) is 11.2 Å². The number of amides is 1. The number of ether oxygens (including phenoxy) is 1. The third-order valence-electron chi connectivity index (χ3n) is 2.89. The van der Waals surface area contributed by atoms with Gasteiger partial charge in [0.25, 0.3) is 0 Å². The lowest BCUT2D eigenvalue weighted by Crippen LogP contribution is -2.37. The zero-order valence-electron chi connectivity index (χ0n) is 11.0.